The van der Waals surface area contributed by atoms with Crippen molar-refractivity contribution in [1.82, 2.24) is 0 Å². The van der Waals surface area contributed by atoms with Crippen molar-refractivity contribution in [3.63, 3.8) is 0 Å². The molecule has 0 saturated carbocycles. The maximum absolute atomic E-state index is 9.84. The highest BCUT2D eigenvalue weighted by Gasteiger charge is 1.92. The van der Waals surface area contributed by atoms with Crippen LogP contribution in [0.3, 0.4) is 0 Å². The summed E-state index contributed by atoms with van der Waals surface area (Å²) >= 11 is 0. The molecule has 0 heterocycles. The summed E-state index contributed by atoms with van der Waals surface area (Å²) in [5.41, 5.74) is 0. The summed E-state index contributed by atoms with van der Waals surface area (Å²) < 4.78 is 4.62. The SMILES string of the molecule is [CH2]CCCCCCCCCCCOC=O. The summed E-state index contributed by atoms with van der Waals surface area (Å²) in [6.07, 6.45) is 12.6. The van der Waals surface area contributed by atoms with Crippen LogP contribution in [0.2, 0.25) is 0 Å². The molecule has 2 heteroatoms. The zero-order chi connectivity index (χ0) is 11.2. The molecule has 0 aromatic heterocycles. The molecule has 0 N–H and O–H groups in total. The van der Waals surface area contributed by atoms with Gasteiger partial charge >= 0.3 is 0 Å². The summed E-state index contributed by atoms with van der Waals surface area (Å²) in [4.78, 5) is 9.84. The minimum Gasteiger partial charge on any atom is -0.468 e. The number of rotatable bonds is 12. The highest BCUT2D eigenvalue weighted by atomic mass is 16.5. The van der Waals surface area contributed by atoms with Crippen LogP contribution in [0.1, 0.15) is 64.2 Å². The van der Waals surface area contributed by atoms with Crippen molar-refractivity contribution in [2.75, 3.05) is 6.61 Å². The van der Waals surface area contributed by atoms with Gasteiger partial charge in [0.25, 0.3) is 6.47 Å². The van der Waals surface area contributed by atoms with E-state index in [4.69, 9.17) is 0 Å². The lowest BCUT2D eigenvalue weighted by Gasteiger charge is -2.01. The maximum atomic E-state index is 9.84. The second-order valence-electron chi connectivity index (χ2n) is 4.00. The Kier molecular flexibility index (Phi) is 13.0. The van der Waals surface area contributed by atoms with Gasteiger partial charge in [0.2, 0.25) is 0 Å². The van der Waals surface area contributed by atoms with Gasteiger partial charge in [0.1, 0.15) is 0 Å². The number of unbranched alkanes of at least 4 members (excludes halogenated alkanes) is 9. The molecule has 0 amide bonds. The van der Waals surface area contributed by atoms with E-state index < -0.39 is 0 Å². The van der Waals surface area contributed by atoms with Crippen molar-refractivity contribution >= 4 is 6.47 Å². The lowest BCUT2D eigenvalue weighted by Crippen LogP contribution is -1.91. The lowest BCUT2D eigenvalue weighted by atomic mass is 10.1. The molecule has 0 atom stereocenters. The fourth-order valence-electron chi connectivity index (χ4n) is 1.65. The van der Waals surface area contributed by atoms with E-state index >= 15 is 0 Å². The predicted molar refractivity (Wildman–Crippen MR) is 63.5 cm³/mol. The molecule has 1 radical (unpaired) electrons. The maximum Gasteiger partial charge on any atom is 0.293 e. The molecule has 0 fully saturated rings. The molecule has 0 rings (SSSR count). The van der Waals surface area contributed by atoms with E-state index in [1.165, 1.54) is 51.4 Å². The van der Waals surface area contributed by atoms with Crippen molar-refractivity contribution in [3.05, 3.63) is 6.92 Å². The van der Waals surface area contributed by atoms with Gasteiger partial charge < -0.3 is 4.74 Å². The van der Waals surface area contributed by atoms with E-state index in [1.54, 1.807) is 0 Å². The number of ether oxygens (including phenoxy) is 1. The van der Waals surface area contributed by atoms with Crippen LogP contribution in [0.25, 0.3) is 0 Å². The summed E-state index contributed by atoms with van der Waals surface area (Å²) in [5.74, 6) is 0. The fraction of sp³-hybridized carbons (Fsp3) is 0.846. The molecule has 0 aromatic carbocycles. The number of carbonyl (C=O) groups excluding carboxylic acids is 1. The van der Waals surface area contributed by atoms with Gasteiger partial charge in [0.15, 0.2) is 0 Å². The summed E-state index contributed by atoms with van der Waals surface area (Å²) in [5, 5.41) is 0. The van der Waals surface area contributed by atoms with Crippen LogP contribution < -0.4 is 0 Å². The van der Waals surface area contributed by atoms with E-state index in [2.05, 4.69) is 11.7 Å². The van der Waals surface area contributed by atoms with Gasteiger partial charge in [0.05, 0.1) is 6.61 Å². The van der Waals surface area contributed by atoms with Crippen molar-refractivity contribution in [2.24, 2.45) is 0 Å². The summed E-state index contributed by atoms with van der Waals surface area (Å²) in [7, 11) is 0. The van der Waals surface area contributed by atoms with Crippen molar-refractivity contribution in [1.29, 1.82) is 0 Å². The van der Waals surface area contributed by atoms with Gasteiger partial charge in [-0.2, -0.15) is 0 Å². The van der Waals surface area contributed by atoms with Gasteiger partial charge in [-0.1, -0.05) is 64.7 Å². The van der Waals surface area contributed by atoms with Crippen molar-refractivity contribution < 1.29 is 9.53 Å². The Hall–Kier alpha value is -0.530. The average Bonchev–Trinajstić information content (AvgIpc) is 2.26. The van der Waals surface area contributed by atoms with Gasteiger partial charge in [-0.15, -0.1) is 0 Å². The third-order valence-electron chi connectivity index (χ3n) is 2.58. The normalized spacial score (nSPS) is 10.2. The first kappa shape index (κ1) is 14.5. The quantitative estimate of drug-likeness (QED) is 0.363. The Bertz CT molecular complexity index is 124. The smallest absolute Gasteiger partial charge is 0.293 e. The third-order valence-corrected chi connectivity index (χ3v) is 2.58. The second kappa shape index (κ2) is 13.5. The second-order valence-corrected chi connectivity index (χ2v) is 4.00. The van der Waals surface area contributed by atoms with Gasteiger partial charge in [-0.3, -0.25) is 4.79 Å². The first-order valence-electron chi connectivity index (χ1n) is 6.26. The fourth-order valence-corrected chi connectivity index (χ4v) is 1.65. The average molecular weight is 213 g/mol. The monoisotopic (exact) mass is 213 g/mol. The minimum absolute atomic E-state index is 0.530. The van der Waals surface area contributed by atoms with Crippen molar-refractivity contribution in [3.8, 4) is 0 Å². The number of carbonyl (C=O) groups is 1. The Morgan fingerprint density at radius 3 is 1.73 bits per heavy atom. The van der Waals surface area contributed by atoms with Crippen LogP contribution in [0.5, 0.6) is 0 Å². The minimum atomic E-state index is 0.530. The van der Waals surface area contributed by atoms with Crippen LogP contribution in [-0.4, -0.2) is 13.1 Å². The van der Waals surface area contributed by atoms with E-state index in [9.17, 15) is 4.79 Å². The molecule has 2 nitrogen and oxygen atoms in total. The van der Waals surface area contributed by atoms with E-state index in [-0.39, 0.29) is 0 Å². The zero-order valence-corrected chi connectivity index (χ0v) is 9.88. The number of hydrogen-bond donors (Lipinski definition) is 0. The predicted octanol–water partition coefficient (Wildman–Crippen LogP) is 3.89. The standard InChI is InChI=1S/C13H25O2/c1-2-3-4-5-6-7-8-9-10-11-12-15-13-14/h13H,1-12H2. The highest BCUT2D eigenvalue weighted by molar-refractivity contribution is 5.36. The van der Waals surface area contributed by atoms with Gasteiger partial charge in [-0.05, 0) is 6.42 Å². The molecule has 0 saturated heterocycles. The van der Waals surface area contributed by atoms with Crippen LogP contribution in [0.4, 0.5) is 0 Å². The molecule has 0 aliphatic heterocycles. The van der Waals surface area contributed by atoms with Gasteiger partial charge in [0, 0.05) is 0 Å². The van der Waals surface area contributed by atoms with Crippen molar-refractivity contribution in [2.45, 2.75) is 64.2 Å². The van der Waals surface area contributed by atoms with Crippen LogP contribution in [0, 0.1) is 6.92 Å². The van der Waals surface area contributed by atoms with Crippen LogP contribution in [0.15, 0.2) is 0 Å². The first-order valence-corrected chi connectivity index (χ1v) is 6.26. The third kappa shape index (κ3) is 13.5. The largest absolute Gasteiger partial charge is 0.468 e. The van der Waals surface area contributed by atoms with E-state index in [1.807, 2.05) is 0 Å². The molecule has 15 heavy (non-hydrogen) atoms. The molecule has 0 aromatic rings. The molecule has 0 bridgehead atoms. The highest BCUT2D eigenvalue weighted by Crippen LogP contribution is 2.10. The first-order chi connectivity index (χ1) is 7.41. The van der Waals surface area contributed by atoms with Crippen LogP contribution >= 0.6 is 0 Å². The molecule has 89 valence electrons. The Morgan fingerprint density at radius 1 is 0.800 bits per heavy atom. The Labute approximate surface area is 94.4 Å². The Morgan fingerprint density at radius 2 is 1.27 bits per heavy atom. The Balaban J connectivity index is 2.83. The van der Waals surface area contributed by atoms with Gasteiger partial charge in [-0.25, -0.2) is 0 Å². The van der Waals surface area contributed by atoms with E-state index in [0.29, 0.717) is 13.1 Å². The molecular weight excluding hydrogens is 188 g/mol. The van der Waals surface area contributed by atoms with Crippen LogP contribution in [-0.2, 0) is 9.53 Å². The summed E-state index contributed by atoms with van der Waals surface area (Å²) in [6.45, 7) is 4.95. The topological polar surface area (TPSA) is 26.3 Å². The summed E-state index contributed by atoms with van der Waals surface area (Å²) in [6, 6.07) is 0. The number of hydrogen-bond acceptors (Lipinski definition) is 2. The molecule has 0 unspecified atom stereocenters. The lowest BCUT2D eigenvalue weighted by molar-refractivity contribution is -0.128. The zero-order valence-electron chi connectivity index (χ0n) is 9.88. The molecule has 0 aliphatic rings. The molecule has 0 spiro atoms. The molecular formula is C13H25O2. The van der Waals surface area contributed by atoms with E-state index in [0.717, 1.165) is 12.8 Å². The molecule has 0 aliphatic carbocycles.